The molecule has 5 nitrogen and oxygen atoms in total. The van der Waals surface area contributed by atoms with Gasteiger partial charge in [0.05, 0.1) is 7.11 Å². The van der Waals surface area contributed by atoms with Crippen LogP contribution in [0.25, 0.3) is 0 Å². The van der Waals surface area contributed by atoms with Crippen molar-refractivity contribution in [3.63, 3.8) is 0 Å². The lowest BCUT2D eigenvalue weighted by Gasteiger charge is -2.14. The molecular weight excluding hydrogens is 240 g/mol. The Balaban J connectivity index is 2.01. The average Bonchev–Trinajstić information content (AvgIpc) is 2.45. The van der Waals surface area contributed by atoms with E-state index in [-0.39, 0.29) is 6.04 Å². The Morgan fingerprint density at radius 2 is 2.00 bits per heavy atom. The molecule has 1 aromatic carbocycles. The van der Waals surface area contributed by atoms with Crippen LogP contribution in [-0.2, 0) is 0 Å². The van der Waals surface area contributed by atoms with Crippen LogP contribution in [0.3, 0.4) is 0 Å². The molecule has 1 heterocycles. The third kappa shape index (κ3) is 3.66. The zero-order valence-corrected chi connectivity index (χ0v) is 11.1. The lowest BCUT2D eigenvalue weighted by Crippen LogP contribution is -2.21. The quantitative estimate of drug-likeness (QED) is 0.857. The smallest absolute Gasteiger partial charge is 0.218 e. The molecule has 2 rings (SSSR count). The van der Waals surface area contributed by atoms with E-state index in [1.165, 1.54) is 0 Å². The van der Waals surface area contributed by atoms with Crippen LogP contribution in [0.4, 0.5) is 5.82 Å². The molecule has 1 atom stereocenters. The lowest BCUT2D eigenvalue weighted by molar-refractivity contribution is 0.396. The van der Waals surface area contributed by atoms with Gasteiger partial charge >= 0.3 is 0 Å². The molecule has 5 heteroatoms. The number of benzene rings is 1. The fourth-order valence-corrected chi connectivity index (χ4v) is 1.77. The Kier molecular flexibility index (Phi) is 4.30. The van der Waals surface area contributed by atoms with E-state index in [9.17, 15) is 0 Å². The molecule has 3 N–H and O–H groups in total. The minimum absolute atomic E-state index is 0.0810. The van der Waals surface area contributed by atoms with E-state index in [1.807, 2.05) is 37.3 Å². The van der Waals surface area contributed by atoms with Gasteiger partial charge in [-0.3, -0.25) is 0 Å². The number of nitrogens with two attached hydrogens (primary N) is 1. The van der Waals surface area contributed by atoms with Crippen LogP contribution < -0.4 is 15.8 Å². The van der Waals surface area contributed by atoms with Gasteiger partial charge in [-0.1, -0.05) is 30.3 Å². The molecular formula is C14H18N4O. The molecule has 19 heavy (non-hydrogen) atoms. The molecule has 0 fully saturated rings. The van der Waals surface area contributed by atoms with Crippen LogP contribution in [0.15, 0.2) is 36.4 Å². The van der Waals surface area contributed by atoms with Crippen LogP contribution in [0.1, 0.15) is 17.4 Å². The molecule has 1 unspecified atom stereocenters. The van der Waals surface area contributed by atoms with Gasteiger partial charge in [0.1, 0.15) is 11.6 Å². The number of anilines is 1. The molecule has 0 saturated carbocycles. The van der Waals surface area contributed by atoms with Gasteiger partial charge in [-0.05, 0) is 12.5 Å². The van der Waals surface area contributed by atoms with Gasteiger partial charge in [-0.2, -0.15) is 4.98 Å². The van der Waals surface area contributed by atoms with Crippen molar-refractivity contribution in [2.24, 2.45) is 5.73 Å². The number of aryl methyl sites for hydroxylation is 1. The topological polar surface area (TPSA) is 73.1 Å². The summed E-state index contributed by atoms with van der Waals surface area (Å²) in [6.07, 6.45) is 0. The summed E-state index contributed by atoms with van der Waals surface area (Å²) < 4.78 is 5.10. The third-order valence-electron chi connectivity index (χ3n) is 2.75. The highest BCUT2D eigenvalue weighted by molar-refractivity contribution is 5.39. The summed E-state index contributed by atoms with van der Waals surface area (Å²) in [6, 6.07) is 11.6. The van der Waals surface area contributed by atoms with Crippen molar-refractivity contribution in [3.05, 3.63) is 47.8 Å². The van der Waals surface area contributed by atoms with Crippen LogP contribution in [0, 0.1) is 6.92 Å². The van der Waals surface area contributed by atoms with Crippen molar-refractivity contribution < 1.29 is 4.74 Å². The molecule has 0 amide bonds. The molecule has 0 aliphatic rings. The highest BCUT2D eigenvalue weighted by Crippen LogP contribution is 2.14. The largest absolute Gasteiger partial charge is 0.481 e. The first-order valence-corrected chi connectivity index (χ1v) is 6.13. The van der Waals surface area contributed by atoms with Crippen LogP contribution >= 0.6 is 0 Å². The van der Waals surface area contributed by atoms with Crippen molar-refractivity contribution in [2.45, 2.75) is 13.0 Å². The van der Waals surface area contributed by atoms with Crippen LogP contribution in [0.5, 0.6) is 5.88 Å². The second-order valence-electron chi connectivity index (χ2n) is 4.24. The monoisotopic (exact) mass is 258 g/mol. The number of hydrogen-bond acceptors (Lipinski definition) is 5. The van der Waals surface area contributed by atoms with E-state index < -0.39 is 0 Å². The first-order valence-electron chi connectivity index (χ1n) is 6.13. The van der Waals surface area contributed by atoms with E-state index in [0.717, 1.165) is 11.4 Å². The van der Waals surface area contributed by atoms with E-state index >= 15 is 0 Å². The zero-order valence-electron chi connectivity index (χ0n) is 11.1. The highest BCUT2D eigenvalue weighted by atomic mass is 16.5. The minimum atomic E-state index is -0.0810. The van der Waals surface area contributed by atoms with Gasteiger partial charge in [0.2, 0.25) is 5.88 Å². The van der Waals surface area contributed by atoms with Crippen molar-refractivity contribution in [1.82, 2.24) is 9.97 Å². The summed E-state index contributed by atoms with van der Waals surface area (Å²) >= 11 is 0. The SMILES string of the molecule is COc1cc(NCC(N)c2ccccc2)nc(C)n1. The molecule has 1 aromatic heterocycles. The number of hydrogen-bond donors (Lipinski definition) is 2. The van der Waals surface area contributed by atoms with Gasteiger partial charge in [0.25, 0.3) is 0 Å². The Morgan fingerprint density at radius 3 is 2.68 bits per heavy atom. The van der Waals surface area contributed by atoms with Crippen molar-refractivity contribution in [2.75, 3.05) is 19.0 Å². The summed E-state index contributed by atoms with van der Waals surface area (Å²) in [5, 5.41) is 3.20. The van der Waals surface area contributed by atoms with Gasteiger partial charge in [0.15, 0.2) is 0 Å². The van der Waals surface area contributed by atoms with Crippen molar-refractivity contribution in [1.29, 1.82) is 0 Å². The summed E-state index contributed by atoms with van der Waals surface area (Å²) in [7, 11) is 1.58. The van der Waals surface area contributed by atoms with Crippen LogP contribution in [0.2, 0.25) is 0 Å². The first kappa shape index (κ1) is 13.3. The molecule has 100 valence electrons. The van der Waals surface area contributed by atoms with Crippen LogP contribution in [-0.4, -0.2) is 23.6 Å². The Labute approximate surface area is 112 Å². The number of ether oxygens (including phenoxy) is 1. The maximum atomic E-state index is 6.11. The molecule has 0 radical (unpaired) electrons. The molecule has 0 spiro atoms. The van der Waals surface area contributed by atoms with Gasteiger partial charge in [-0.15, -0.1) is 0 Å². The normalized spacial score (nSPS) is 11.9. The number of aromatic nitrogens is 2. The summed E-state index contributed by atoms with van der Waals surface area (Å²) in [5.41, 5.74) is 7.20. The van der Waals surface area contributed by atoms with E-state index in [0.29, 0.717) is 18.2 Å². The van der Waals surface area contributed by atoms with E-state index in [4.69, 9.17) is 10.5 Å². The fraction of sp³-hybridized carbons (Fsp3) is 0.286. The predicted molar refractivity (Wildman–Crippen MR) is 75.2 cm³/mol. The van der Waals surface area contributed by atoms with Gasteiger partial charge < -0.3 is 15.8 Å². The number of nitrogens with zero attached hydrogens (tertiary/aromatic N) is 2. The van der Waals surface area contributed by atoms with Gasteiger partial charge in [-0.25, -0.2) is 4.98 Å². The van der Waals surface area contributed by atoms with E-state index in [1.54, 1.807) is 13.2 Å². The molecule has 0 bridgehead atoms. The zero-order chi connectivity index (χ0) is 13.7. The Hall–Kier alpha value is -2.14. The minimum Gasteiger partial charge on any atom is -0.481 e. The summed E-state index contributed by atoms with van der Waals surface area (Å²) in [6.45, 7) is 2.43. The van der Waals surface area contributed by atoms with Crippen molar-refractivity contribution in [3.8, 4) is 5.88 Å². The lowest BCUT2D eigenvalue weighted by atomic mass is 10.1. The van der Waals surface area contributed by atoms with Crippen molar-refractivity contribution >= 4 is 5.82 Å². The second-order valence-corrected chi connectivity index (χ2v) is 4.24. The maximum Gasteiger partial charge on any atom is 0.218 e. The first-order chi connectivity index (χ1) is 9.19. The molecule has 2 aromatic rings. The maximum absolute atomic E-state index is 6.11. The molecule has 0 saturated heterocycles. The summed E-state index contributed by atoms with van der Waals surface area (Å²) in [4.78, 5) is 8.42. The fourth-order valence-electron chi connectivity index (χ4n) is 1.77. The second kappa shape index (κ2) is 6.15. The predicted octanol–water partition coefficient (Wildman–Crippen LogP) is 1.91. The molecule has 0 aliphatic heterocycles. The van der Waals surface area contributed by atoms with Gasteiger partial charge in [0, 0.05) is 18.7 Å². The Morgan fingerprint density at radius 1 is 1.26 bits per heavy atom. The Bertz CT molecular complexity index is 530. The average molecular weight is 258 g/mol. The summed E-state index contributed by atoms with van der Waals surface area (Å²) in [5.74, 6) is 1.93. The standard InChI is InChI=1S/C14H18N4O/c1-10-17-13(8-14(18-10)19-2)16-9-12(15)11-6-4-3-5-7-11/h3-8,12H,9,15H2,1-2H3,(H,16,17,18). The number of methoxy groups -OCH3 is 1. The number of nitrogens with one attached hydrogen (secondary N) is 1. The molecule has 0 aliphatic carbocycles. The highest BCUT2D eigenvalue weighted by Gasteiger charge is 2.07. The third-order valence-corrected chi connectivity index (χ3v) is 2.75. The van der Waals surface area contributed by atoms with E-state index in [2.05, 4.69) is 15.3 Å². The number of rotatable bonds is 5.